The molecule has 3 atom stereocenters. The third-order valence-electron chi connectivity index (χ3n) is 5.71. The Bertz CT molecular complexity index is 858. The average molecular weight is 415 g/mol. The normalized spacial score (nSPS) is 26.2. The molecule has 1 saturated heterocycles. The Morgan fingerprint density at radius 1 is 1.20 bits per heavy atom. The van der Waals surface area contributed by atoms with Gasteiger partial charge in [0.2, 0.25) is 6.79 Å². The molecule has 1 aromatic carbocycles. The second kappa shape index (κ2) is 8.55. The molecule has 0 aliphatic carbocycles. The molecule has 8 heteroatoms. The van der Waals surface area contributed by atoms with Crippen LogP contribution in [0.25, 0.3) is 0 Å². The Labute approximate surface area is 176 Å². The Morgan fingerprint density at radius 2 is 1.93 bits per heavy atom. The van der Waals surface area contributed by atoms with Crippen LogP contribution in [0.2, 0.25) is 0 Å². The minimum absolute atomic E-state index is 0.161. The van der Waals surface area contributed by atoms with Crippen LogP contribution in [0.1, 0.15) is 38.8 Å². The Kier molecular flexibility index (Phi) is 5.85. The summed E-state index contributed by atoms with van der Waals surface area (Å²) < 4.78 is 16.2. The highest BCUT2D eigenvalue weighted by Crippen LogP contribution is 2.37. The smallest absolute Gasteiger partial charge is 0.338 e. The van der Waals surface area contributed by atoms with Crippen LogP contribution in [-0.4, -0.2) is 49.9 Å². The number of carbonyl (C=O) groups excluding carboxylic acids is 2. The van der Waals surface area contributed by atoms with Gasteiger partial charge in [-0.25, -0.2) is 9.59 Å². The van der Waals surface area contributed by atoms with Crippen LogP contribution < -0.4 is 20.1 Å². The van der Waals surface area contributed by atoms with Crippen LogP contribution in [0.4, 0.5) is 4.79 Å². The summed E-state index contributed by atoms with van der Waals surface area (Å²) >= 11 is 0. The molecule has 0 aromatic heterocycles. The van der Waals surface area contributed by atoms with E-state index in [-0.39, 0.29) is 19.4 Å². The highest BCUT2D eigenvalue weighted by Gasteiger charge is 2.35. The predicted molar refractivity (Wildman–Crippen MR) is 110 cm³/mol. The van der Waals surface area contributed by atoms with Crippen LogP contribution in [0.5, 0.6) is 11.5 Å². The van der Waals surface area contributed by atoms with Gasteiger partial charge < -0.3 is 24.8 Å². The van der Waals surface area contributed by atoms with Gasteiger partial charge in [-0.2, -0.15) is 0 Å². The van der Waals surface area contributed by atoms with E-state index in [9.17, 15) is 9.59 Å². The molecule has 0 spiro atoms. The van der Waals surface area contributed by atoms with Gasteiger partial charge in [0.25, 0.3) is 0 Å². The molecule has 30 heavy (non-hydrogen) atoms. The number of nitrogens with zero attached hydrogens (tertiary/aromatic N) is 1. The van der Waals surface area contributed by atoms with E-state index in [0.29, 0.717) is 41.1 Å². The molecule has 3 aliphatic rings. The molecule has 1 aromatic rings. The van der Waals surface area contributed by atoms with E-state index < -0.39 is 12.0 Å². The molecule has 0 saturated carbocycles. The van der Waals surface area contributed by atoms with Crippen molar-refractivity contribution in [2.24, 2.45) is 11.8 Å². The third-order valence-corrected chi connectivity index (χ3v) is 5.71. The van der Waals surface area contributed by atoms with Gasteiger partial charge >= 0.3 is 12.0 Å². The van der Waals surface area contributed by atoms with Gasteiger partial charge in [-0.1, -0.05) is 19.9 Å². The summed E-state index contributed by atoms with van der Waals surface area (Å²) in [7, 11) is 0. The SMILES string of the molecule is CCOC(=O)C1=C(CN2C[C@@H](C)C[C@H](C)C2)NC(=O)N[C@@H]1c1ccc2c(c1)OCO2. The molecule has 2 N–H and O–H groups in total. The molecule has 3 heterocycles. The van der Waals surface area contributed by atoms with Crippen LogP contribution in [0, 0.1) is 11.8 Å². The van der Waals surface area contributed by atoms with Gasteiger partial charge in [-0.05, 0) is 42.9 Å². The van der Waals surface area contributed by atoms with E-state index in [1.165, 1.54) is 6.42 Å². The van der Waals surface area contributed by atoms with Crippen molar-refractivity contribution in [3.63, 3.8) is 0 Å². The molecule has 1 fully saturated rings. The molecule has 162 valence electrons. The molecule has 0 bridgehead atoms. The lowest BCUT2D eigenvalue weighted by molar-refractivity contribution is -0.139. The first-order valence-electron chi connectivity index (χ1n) is 10.5. The van der Waals surface area contributed by atoms with Crippen molar-refractivity contribution in [3.8, 4) is 11.5 Å². The average Bonchev–Trinajstić information content (AvgIpc) is 3.14. The number of ether oxygens (including phenoxy) is 3. The van der Waals surface area contributed by atoms with Gasteiger partial charge in [-0.3, -0.25) is 4.90 Å². The van der Waals surface area contributed by atoms with E-state index in [2.05, 4.69) is 29.4 Å². The lowest BCUT2D eigenvalue weighted by Crippen LogP contribution is -2.50. The van der Waals surface area contributed by atoms with E-state index in [0.717, 1.165) is 18.7 Å². The first kappa shape index (κ1) is 20.5. The topological polar surface area (TPSA) is 89.1 Å². The number of esters is 1. The minimum Gasteiger partial charge on any atom is -0.463 e. The Balaban J connectivity index is 1.69. The number of nitrogens with one attached hydrogen (secondary N) is 2. The minimum atomic E-state index is -0.623. The van der Waals surface area contributed by atoms with Gasteiger partial charge in [0.1, 0.15) is 0 Å². The highest BCUT2D eigenvalue weighted by atomic mass is 16.7. The zero-order chi connectivity index (χ0) is 21.3. The fourth-order valence-electron chi connectivity index (χ4n) is 4.68. The maximum absolute atomic E-state index is 13.0. The third kappa shape index (κ3) is 4.23. The lowest BCUT2D eigenvalue weighted by atomic mass is 9.91. The largest absolute Gasteiger partial charge is 0.463 e. The second-order valence-corrected chi connectivity index (χ2v) is 8.40. The summed E-state index contributed by atoms with van der Waals surface area (Å²) in [4.78, 5) is 27.8. The van der Waals surface area contributed by atoms with Gasteiger partial charge in [0.05, 0.1) is 18.2 Å². The Hall–Kier alpha value is -2.74. The summed E-state index contributed by atoms with van der Waals surface area (Å²) in [5.74, 6) is 1.96. The first-order chi connectivity index (χ1) is 14.4. The number of amides is 2. The Morgan fingerprint density at radius 3 is 2.67 bits per heavy atom. The van der Waals surface area contributed by atoms with Crippen molar-refractivity contribution in [2.75, 3.05) is 33.0 Å². The molecule has 0 unspecified atom stereocenters. The zero-order valence-corrected chi connectivity index (χ0v) is 17.7. The monoisotopic (exact) mass is 415 g/mol. The zero-order valence-electron chi connectivity index (χ0n) is 17.7. The second-order valence-electron chi connectivity index (χ2n) is 8.40. The fourth-order valence-corrected chi connectivity index (χ4v) is 4.68. The van der Waals surface area contributed by atoms with Crippen molar-refractivity contribution in [1.29, 1.82) is 0 Å². The number of urea groups is 1. The number of carbonyl (C=O) groups is 2. The molecule has 2 amide bonds. The summed E-state index contributed by atoms with van der Waals surface area (Å²) in [6.45, 7) is 9.03. The maximum Gasteiger partial charge on any atom is 0.338 e. The van der Waals surface area contributed by atoms with Crippen molar-refractivity contribution in [2.45, 2.75) is 33.2 Å². The molecule has 3 aliphatic heterocycles. The van der Waals surface area contributed by atoms with Crippen molar-refractivity contribution < 1.29 is 23.8 Å². The van der Waals surface area contributed by atoms with Crippen molar-refractivity contribution in [3.05, 3.63) is 35.0 Å². The number of piperidine rings is 1. The summed E-state index contributed by atoms with van der Waals surface area (Å²) in [5, 5.41) is 5.74. The quantitative estimate of drug-likeness (QED) is 0.719. The predicted octanol–water partition coefficient (Wildman–Crippen LogP) is 2.56. The van der Waals surface area contributed by atoms with Crippen LogP contribution in [0.3, 0.4) is 0 Å². The summed E-state index contributed by atoms with van der Waals surface area (Å²) in [6.07, 6.45) is 1.19. The number of likely N-dealkylation sites (tertiary alicyclic amines) is 1. The maximum atomic E-state index is 13.0. The molecule has 4 rings (SSSR count). The number of rotatable bonds is 5. The van der Waals surface area contributed by atoms with Crippen molar-refractivity contribution >= 4 is 12.0 Å². The van der Waals surface area contributed by atoms with Crippen LogP contribution in [-0.2, 0) is 9.53 Å². The number of benzene rings is 1. The molecular weight excluding hydrogens is 386 g/mol. The molecular formula is C22H29N3O5. The summed E-state index contributed by atoms with van der Waals surface area (Å²) in [6, 6.07) is 4.48. The van der Waals surface area contributed by atoms with Gasteiger partial charge in [0.15, 0.2) is 11.5 Å². The van der Waals surface area contributed by atoms with Gasteiger partial charge in [-0.15, -0.1) is 0 Å². The van der Waals surface area contributed by atoms with E-state index in [4.69, 9.17) is 14.2 Å². The number of fused-ring (bicyclic) bond motifs is 1. The molecule has 0 radical (unpaired) electrons. The van der Waals surface area contributed by atoms with E-state index in [1.807, 2.05) is 6.07 Å². The number of hydrogen-bond acceptors (Lipinski definition) is 6. The summed E-state index contributed by atoms with van der Waals surface area (Å²) in [5.41, 5.74) is 1.78. The molecule has 8 nitrogen and oxygen atoms in total. The fraction of sp³-hybridized carbons (Fsp3) is 0.545. The van der Waals surface area contributed by atoms with Gasteiger partial charge in [0, 0.05) is 25.3 Å². The van der Waals surface area contributed by atoms with E-state index >= 15 is 0 Å². The lowest BCUT2D eigenvalue weighted by Gasteiger charge is -2.37. The van der Waals surface area contributed by atoms with Crippen LogP contribution in [0.15, 0.2) is 29.5 Å². The highest BCUT2D eigenvalue weighted by molar-refractivity contribution is 5.95. The standard InChI is InChI=1S/C22H29N3O5/c1-4-28-21(26)19-16(11-25-9-13(2)7-14(3)10-25)23-22(27)24-20(19)15-5-6-17-18(8-15)30-12-29-17/h5-6,8,13-14,20H,4,7,9-12H2,1-3H3,(H2,23,24,27)/t13-,14-,20+/m0/s1. The first-order valence-corrected chi connectivity index (χ1v) is 10.5. The van der Waals surface area contributed by atoms with E-state index in [1.54, 1.807) is 19.1 Å². The van der Waals surface area contributed by atoms with Crippen LogP contribution >= 0.6 is 0 Å². The number of hydrogen-bond donors (Lipinski definition) is 2. The van der Waals surface area contributed by atoms with Crippen molar-refractivity contribution in [1.82, 2.24) is 15.5 Å².